The molecular weight excluding hydrogens is 258 g/mol. The quantitative estimate of drug-likeness (QED) is 0.668. The SMILES string of the molecule is CCc1ccc(NCc2c(C)noc2C)cc1[N+](=O)[O-]. The van der Waals surface area contributed by atoms with Crippen LogP contribution in [0, 0.1) is 24.0 Å². The van der Waals surface area contributed by atoms with Crippen molar-refractivity contribution in [3.8, 4) is 0 Å². The molecule has 1 heterocycles. The van der Waals surface area contributed by atoms with Gasteiger partial charge in [0, 0.05) is 29.4 Å². The zero-order valence-electron chi connectivity index (χ0n) is 11.8. The van der Waals surface area contributed by atoms with E-state index in [1.54, 1.807) is 12.1 Å². The molecule has 0 amide bonds. The second kappa shape index (κ2) is 5.73. The van der Waals surface area contributed by atoms with E-state index in [2.05, 4.69) is 10.5 Å². The van der Waals surface area contributed by atoms with Crippen molar-refractivity contribution in [1.82, 2.24) is 5.16 Å². The van der Waals surface area contributed by atoms with Crippen LogP contribution in [0.25, 0.3) is 0 Å². The number of hydrogen-bond acceptors (Lipinski definition) is 5. The first kappa shape index (κ1) is 14.0. The molecule has 0 aliphatic heterocycles. The third-order valence-electron chi connectivity index (χ3n) is 3.31. The Morgan fingerprint density at radius 3 is 2.70 bits per heavy atom. The van der Waals surface area contributed by atoms with Crippen molar-refractivity contribution in [1.29, 1.82) is 0 Å². The Kier molecular flexibility index (Phi) is 4.02. The Morgan fingerprint density at radius 2 is 2.15 bits per heavy atom. The molecule has 0 saturated carbocycles. The van der Waals surface area contributed by atoms with Crippen LogP contribution in [-0.4, -0.2) is 10.1 Å². The molecule has 0 atom stereocenters. The lowest BCUT2D eigenvalue weighted by atomic mass is 10.1. The standard InChI is InChI=1S/C14H17N3O3/c1-4-11-5-6-12(7-14(11)17(18)19)15-8-13-9(2)16-20-10(13)3/h5-7,15H,4,8H2,1-3H3. The molecule has 0 radical (unpaired) electrons. The van der Waals surface area contributed by atoms with Gasteiger partial charge in [-0.1, -0.05) is 18.1 Å². The normalized spacial score (nSPS) is 10.6. The number of rotatable bonds is 5. The van der Waals surface area contributed by atoms with Crippen LogP contribution in [0.4, 0.5) is 11.4 Å². The predicted molar refractivity (Wildman–Crippen MR) is 75.8 cm³/mol. The molecule has 0 aliphatic rings. The van der Waals surface area contributed by atoms with Crippen LogP contribution in [0.1, 0.15) is 29.5 Å². The molecule has 1 aromatic heterocycles. The van der Waals surface area contributed by atoms with E-state index in [-0.39, 0.29) is 10.6 Å². The van der Waals surface area contributed by atoms with Gasteiger partial charge in [-0.15, -0.1) is 0 Å². The Balaban J connectivity index is 2.18. The van der Waals surface area contributed by atoms with Crippen molar-refractivity contribution in [3.05, 3.63) is 50.9 Å². The van der Waals surface area contributed by atoms with E-state index in [1.165, 1.54) is 0 Å². The van der Waals surface area contributed by atoms with Crippen LogP contribution in [0.2, 0.25) is 0 Å². The summed E-state index contributed by atoms with van der Waals surface area (Å²) in [5.74, 6) is 0.759. The highest BCUT2D eigenvalue weighted by Gasteiger charge is 2.14. The summed E-state index contributed by atoms with van der Waals surface area (Å²) in [7, 11) is 0. The van der Waals surface area contributed by atoms with Crippen LogP contribution >= 0.6 is 0 Å². The molecule has 6 nitrogen and oxygen atoms in total. The number of nitro benzene ring substituents is 1. The van der Waals surface area contributed by atoms with E-state index in [1.807, 2.05) is 26.8 Å². The summed E-state index contributed by atoms with van der Waals surface area (Å²) in [5, 5.41) is 18.1. The smallest absolute Gasteiger partial charge is 0.274 e. The first-order chi connectivity index (χ1) is 9.52. The van der Waals surface area contributed by atoms with Gasteiger partial charge in [0.15, 0.2) is 0 Å². The van der Waals surface area contributed by atoms with Gasteiger partial charge in [0.2, 0.25) is 0 Å². The predicted octanol–water partition coefficient (Wildman–Crippen LogP) is 3.37. The number of nitro groups is 1. The van der Waals surface area contributed by atoms with E-state index >= 15 is 0 Å². The van der Waals surface area contributed by atoms with Gasteiger partial charge in [-0.25, -0.2) is 0 Å². The molecule has 0 saturated heterocycles. The minimum atomic E-state index is -0.347. The Morgan fingerprint density at radius 1 is 1.40 bits per heavy atom. The van der Waals surface area contributed by atoms with Crippen molar-refractivity contribution in [3.63, 3.8) is 0 Å². The lowest BCUT2D eigenvalue weighted by molar-refractivity contribution is -0.385. The summed E-state index contributed by atoms with van der Waals surface area (Å²) in [4.78, 5) is 10.7. The number of anilines is 1. The van der Waals surface area contributed by atoms with Crippen molar-refractivity contribution in [2.45, 2.75) is 33.7 Å². The molecule has 0 spiro atoms. The fourth-order valence-electron chi connectivity index (χ4n) is 2.09. The fraction of sp³-hybridized carbons (Fsp3) is 0.357. The van der Waals surface area contributed by atoms with E-state index in [0.717, 1.165) is 22.6 Å². The number of benzene rings is 1. The summed E-state index contributed by atoms with van der Waals surface area (Å²) in [6.07, 6.45) is 0.639. The van der Waals surface area contributed by atoms with Gasteiger partial charge >= 0.3 is 0 Å². The second-order valence-corrected chi connectivity index (χ2v) is 4.61. The fourth-order valence-corrected chi connectivity index (χ4v) is 2.09. The average molecular weight is 275 g/mol. The minimum absolute atomic E-state index is 0.149. The van der Waals surface area contributed by atoms with Gasteiger partial charge < -0.3 is 9.84 Å². The van der Waals surface area contributed by atoms with Gasteiger partial charge in [0.1, 0.15) is 5.76 Å². The highest BCUT2D eigenvalue weighted by molar-refractivity contribution is 5.55. The van der Waals surface area contributed by atoms with Crippen molar-refractivity contribution in [2.75, 3.05) is 5.32 Å². The van der Waals surface area contributed by atoms with Crippen molar-refractivity contribution in [2.24, 2.45) is 0 Å². The van der Waals surface area contributed by atoms with Gasteiger partial charge in [0.05, 0.1) is 10.6 Å². The Bertz CT molecular complexity index is 615. The molecule has 2 aromatic rings. The average Bonchev–Trinajstić information content (AvgIpc) is 2.75. The van der Waals surface area contributed by atoms with E-state index in [4.69, 9.17) is 4.52 Å². The second-order valence-electron chi connectivity index (χ2n) is 4.61. The molecule has 0 unspecified atom stereocenters. The summed E-state index contributed by atoms with van der Waals surface area (Å²) < 4.78 is 5.08. The van der Waals surface area contributed by atoms with Crippen LogP contribution < -0.4 is 5.32 Å². The number of hydrogen-bond donors (Lipinski definition) is 1. The molecule has 0 aliphatic carbocycles. The maximum atomic E-state index is 11.0. The van der Waals surface area contributed by atoms with Crippen LogP contribution in [0.15, 0.2) is 22.7 Å². The number of nitrogens with one attached hydrogen (secondary N) is 1. The highest BCUT2D eigenvalue weighted by atomic mass is 16.6. The van der Waals surface area contributed by atoms with Crippen LogP contribution in [0.3, 0.4) is 0 Å². The van der Waals surface area contributed by atoms with Gasteiger partial charge in [-0.05, 0) is 26.3 Å². The maximum Gasteiger partial charge on any atom is 0.274 e. The Hall–Kier alpha value is -2.37. The monoisotopic (exact) mass is 275 g/mol. The summed E-state index contributed by atoms with van der Waals surface area (Å²) >= 11 is 0. The van der Waals surface area contributed by atoms with Crippen molar-refractivity contribution < 1.29 is 9.45 Å². The van der Waals surface area contributed by atoms with Gasteiger partial charge in [-0.3, -0.25) is 10.1 Å². The third-order valence-corrected chi connectivity index (χ3v) is 3.31. The van der Waals surface area contributed by atoms with E-state index in [9.17, 15) is 10.1 Å². The Labute approximate surface area is 116 Å². The first-order valence-corrected chi connectivity index (χ1v) is 6.45. The molecule has 0 fully saturated rings. The largest absolute Gasteiger partial charge is 0.381 e. The molecular formula is C14H17N3O3. The lowest BCUT2D eigenvalue weighted by Gasteiger charge is -2.07. The zero-order chi connectivity index (χ0) is 14.7. The van der Waals surface area contributed by atoms with E-state index < -0.39 is 0 Å². The van der Waals surface area contributed by atoms with Gasteiger partial charge in [0.25, 0.3) is 5.69 Å². The molecule has 20 heavy (non-hydrogen) atoms. The van der Waals surface area contributed by atoms with Crippen molar-refractivity contribution >= 4 is 11.4 Å². The first-order valence-electron chi connectivity index (χ1n) is 6.45. The molecule has 0 bridgehead atoms. The number of aromatic nitrogens is 1. The number of aryl methyl sites for hydroxylation is 3. The van der Waals surface area contributed by atoms with E-state index in [0.29, 0.717) is 18.7 Å². The number of nitrogens with zero attached hydrogens (tertiary/aromatic N) is 2. The summed E-state index contributed by atoms with van der Waals surface area (Å²) in [6.45, 7) is 6.15. The highest BCUT2D eigenvalue weighted by Crippen LogP contribution is 2.24. The van der Waals surface area contributed by atoms with Crippen LogP contribution in [-0.2, 0) is 13.0 Å². The van der Waals surface area contributed by atoms with Gasteiger partial charge in [-0.2, -0.15) is 0 Å². The summed E-state index contributed by atoms with van der Waals surface area (Å²) in [6, 6.07) is 5.20. The molecule has 1 aromatic carbocycles. The molecule has 1 N–H and O–H groups in total. The minimum Gasteiger partial charge on any atom is -0.381 e. The topological polar surface area (TPSA) is 81.2 Å². The third kappa shape index (κ3) is 2.79. The molecule has 6 heteroatoms. The maximum absolute atomic E-state index is 11.0. The molecule has 106 valence electrons. The summed E-state index contributed by atoms with van der Waals surface area (Å²) in [5.41, 5.74) is 3.41. The lowest BCUT2D eigenvalue weighted by Crippen LogP contribution is -2.03. The zero-order valence-corrected chi connectivity index (χ0v) is 11.8. The van der Waals surface area contributed by atoms with Crippen LogP contribution in [0.5, 0.6) is 0 Å². The molecule has 2 rings (SSSR count).